The van der Waals surface area contributed by atoms with Gasteiger partial charge >= 0.3 is 0 Å². The number of aliphatic imine (C=N–C) groups is 1. The highest BCUT2D eigenvalue weighted by Crippen LogP contribution is 2.50. The fourth-order valence-electron chi connectivity index (χ4n) is 3.45. The maximum Gasteiger partial charge on any atom is 0.283 e. The maximum atomic E-state index is 6.10. The van der Waals surface area contributed by atoms with Gasteiger partial charge in [-0.15, -0.1) is 0 Å². The van der Waals surface area contributed by atoms with Crippen LogP contribution in [0.2, 0.25) is 0 Å². The quantitative estimate of drug-likeness (QED) is 0.783. The molecule has 3 atom stereocenters. The first-order chi connectivity index (χ1) is 9.69. The summed E-state index contributed by atoms with van der Waals surface area (Å²) in [5, 5.41) is 0. The highest BCUT2D eigenvalue weighted by atomic mass is 79.9. The van der Waals surface area contributed by atoms with Gasteiger partial charge in [0.1, 0.15) is 24.0 Å². The molecule has 3 aliphatic heterocycles. The number of nitrogens with zero attached hydrogens (tertiary/aromatic N) is 1. The first kappa shape index (κ1) is 12.5. The van der Waals surface area contributed by atoms with Crippen molar-refractivity contribution >= 4 is 22.0 Å². The van der Waals surface area contributed by atoms with Crippen molar-refractivity contribution in [1.29, 1.82) is 0 Å². The number of fused-ring (bicyclic) bond motifs is 4. The van der Waals surface area contributed by atoms with Crippen LogP contribution in [0.4, 0.5) is 0 Å². The van der Waals surface area contributed by atoms with Gasteiger partial charge in [0.25, 0.3) is 6.02 Å². The summed E-state index contributed by atoms with van der Waals surface area (Å²) in [6, 6.07) is 6.27. The first-order valence-electron chi connectivity index (χ1n) is 6.71. The van der Waals surface area contributed by atoms with Crippen molar-refractivity contribution in [3.63, 3.8) is 0 Å². The largest absolute Gasteiger partial charge is 0.487 e. The zero-order chi connectivity index (χ0) is 13.7. The van der Waals surface area contributed by atoms with Crippen LogP contribution < -0.4 is 10.5 Å². The summed E-state index contributed by atoms with van der Waals surface area (Å²) in [5.74, 6) is 1.08. The maximum absolute atomic E-state index is 6.10. The molecule has 1 fully saturated rings. The Balaban J connectivity index is 1.91. The molecule has 2 N–H and O–H groups in total. The SMILES string of the molecule is NC1=NC2(CO1)c1cc(Br)ccc1OC1COCCC12. The third-order valence-electron chi connectivity index (χ3n) is 4.35. The molecule has 6 heteroatoms. The van der Waals surface area contributed by atoms with E-state index in [2.05, 4.69) is 27.0 Å². The fraction of sp³-hybridized carbons (Fsp3) is 0.500. The molecule has 0 aromatic heterocycles. The van der Waals surface area contributed by atoms with Gasteiger partial charge in [-0.25, -0.2) is 4.99 Å². The van der Waals surface area contributed by atoms with Gasteiger partial charge in [-0.1, -0.05) is 15.9 Å². The number of hydrogen-bond acceptors (Lipinski definition) is 5. The lowest BCUT2D eigenvalue weighted by atomic mass is 9.72. The van der Waals surface area contributed by atoms with E-state index in [1.165, 1.54) is 0 Å². The third kappa shape index (κ3) is 1.67. The Labute approximate surface area is 125 Å². The lowest BCUT2D eigenvalue weighted by Gasteiger charge is -2.45. The molecule has 106 valence electrons. The van der Waals surface area contributed by atoms with Crippen LogP contribution >= 0.6 is 15.9 Å². The average molecular weight is 339 g/mol. The lowest BCUT2D eigenvalue weighted by molar-refractivity contribution is -0.0733. The molecule has 3 aliphatic rings. The molecule has 3 heterocycles. The summed E-state index contributed by atoms with van der Waals surface area (Å²) in [4.78, 5) is 4.66. The topological polar surface area (TPSA) is 66.1 Å². The Morgan fingerprint density at radius 3 is 3.10 bits per heavy atom. The molecule has 5 nitrogen and oxygen atoms in total. The van der Waals surface area contributed by atoms with E-state index >= 15 is 0 Å². The molecule has 1 aromatic carbocycles. The van der Waals surface area contributed by atoms with E-state index < -0.39 is 5.54 Å². The van der Waals surface area contributed by atoms with Crippen molar-refractivity contribution in [3.8, 4) is 5.75 Å². The smallest absolute Gasteiger partial charge is 0.283 e. The molecule has 0 saturated carbocycles. The first-order valence-corrected chi connectivity index (χ1v) is 7.51. The van der Waals surface area contributed by atoms with Crippen molar-refractivity contribution < 1.29 is 14.2 Å². The van der Waals surface area contributed by atoms with Crippen LogP contribution in [0.3, 0.4) is 0 Å². The van der Waals surface area contributed by atoms with Gasteiger partial charge in [-0.05, 0) is 24.6 Å². The number of benzene rings is 1. The van der Waals surface area contributed by atoms with Crippen molar-refractivity contribution in [2.75, 3.05) is 19.8 Å². The molecular formula is C14H15BrN2O3. The molecular weight excluding hydrogens is 324 g/mol. The predicted octanol–water partition coefficient (Wildman–Crippen LogP) is 1.79. The van der Waals surface area contributed by atoms with E-state index in [9.17, 15) is 0 Å². The van der Waals surface area contributed by atoms with Crippen molar-refractivity contribution in [2.24, 2.45) is 16.6 Å². The summed E-state index contributed by atoms with van der Waals surface area (Å²) in [6.45, 7) is 1.80. The molecule has 1 spiro atoms. The Bertz CT molecular complexity index is 592. The monoisotopic (exact) mass is 338 g/mol. The molecule has 20 heavy (non-hydrogen) atoms. The van der Waals surface area contributed by atoms with Crippen LogP contribution in [0.25, 0.3) is 0 Å². The second kappa shape index (κ2) is 4.36. The minimum Gasteiger partial charge on any atom is -0.487 e. The van der Waals surface area contributed by atoms with E-state index in [4.69, 9.17) is 19.9 Å². The van der Waals surface area contributed by atoms with Gasteiger partial charge in [0, 0.05) is 22.6 Å². The summed E-state index contributed by atoms with van der Waals surface area (Å²) >= 11 is 3.52. The number of amidine groups is 1. The summed E-state index contributed by atoms with van der Waals surface area (Å²) in [6.07, 6.45) is 0.909. The summed E-state index contributed by atoms with van der Waals surface area (Å²) in [7, 11) is 0. The number of ether oxygens (including phenoxy) is 3. The molecule has 0 radical (unpaired) electrons. The Morgan fingerprint density at radius 2 is 2.30 bits per heavy atom. The van der Waals surface area contributed by atoms with Crippen LogP contribution in [0, 0.1) is 5.92 Å². The zero-order valence-electron chi connectivity index (χ0n) is 10.8. The molecule has 1 saturated heterocycles. The molecule has 0 aliphatic carbocycles. The van der Waals surface area contributed by atoms with Crippen molar-refractivity contribution in [1.82, 2.24) is 0 Å². The molecule has 4 rings (SSSR count). The van der Waals surface area contributed by atoms with E-state index in [0.29, 0.717) is 13.2 Å². The fourth-order valence-corrected chi connectivity index (χ4v) is 3.81. The van der Waals surface area contributed by atoms with Crippen LogP contribution in [0.1, 0.15) is 12.0 Å². The van der Waals surface area contributed by atoms with E-state index in [1.54, 1.807) is 0 Å². The number of rotatable bonds is 0. The van der Waals surface area contributed by atoms with Crippen molar-refractivity contribution in [2.45, 2.75) is 18.1 Å². The van der Waals surface area contributed by atoms with Crippen LogP contribution in [0.5, 0.6) is 5.75 Å². The van der Waals surface area contributed by atoms with Gasteiger partial charge in [0.15, 0.2) is 0 Å². The predicted molar refractivity (Wildman–Crippen MR) is 76.7 cm³/mol. The van der Waals surface area contributed by atoms with E-state index in [1.807, 2.05) is 12.1 Å². The Kier molecular flexibility index (Phi) is 2.72. The number of nitrogens with two attached hydrogens (primary N) is 1. The van der Waals surface area contributed by atoms with Gasteiger partial charge < -0.3 is 19.9 Å². The summed E-state index contributed by atoms with van der Waals surface area (Å²) < 4.78 is 18.2. The standard InChI is InChI=1S/C14H15BrN2O3/c15-8-1-2-11-10(5-8)14(7-19-13(16)17-14)9-3-4-18-6-12(9)20-11/h1-2,5,9,12H,3-4,6-7H2,(H2,16,17). The van der Waals surface area contributed by atoms with E-state index in [-0.39, 0.29) is 18.0 Å². The zero-order valence-corrected chi connectivity index (χ0v) is 12.4. The highest BCUT2D eigenvalue weighted by Gasteiger charge is 2.54. The summed E-state index contributed by atoms with van der Waals surface area (Å²) in [5.41, 5.74) is 6.42. The van der Waals surface area contributed by atoms with Crippen molar-refractivity contribution in [3.05, 3.63) is 28.2 Å². The van der Waals surface area contributed by atoms with Gasteiger partial charge in [0.2, 0.25) is 0 Å². The van der Waals surface area contributed by atoms with Crippen LogP contribution in [-0.2, 0) is 15.0 Å². The second-order valence-electron chi connectivity index (χ2n) is 5.43. The van der Waals surface area contributed by atoms with Gasteiger partial charge in [0.05, 0.1) is 6.61 Å². The normalized spacial score (nSPS) is 34.8. The number of halogens is 1. The van der Waals surface area contributed by atoms with E-state index in [0.717, 1.165) is 28.8 Å². The molecule has 0 amide bonds. The molecule has 3 unspecified atom stereocenters. The van der Waals surface area contributed by atoms with Gasteiger partial charge in [-0.3, -0.25) is 0 Å². The molecule has 0 bridgehead atoms. The number of hydrogen-bond donors (Lipinski definition) is 1. The van der Waals surface area contributed by atoms with Crippen LogP contribution in [-0.4, -0.2) is 31.9 Å². The van der Waals surface area contributed by atoms with Crippen LogP contribution in [0.15, 0.2) is 27.7 Å². The Hall–Kier alpha value is -1.27. The third-order valence-corrected chi connectivity index (χ3v) is 4.85. The lowest BCUT2D eigenvalue weighted by Crippen LogP contribution is -2.52. The minimum absolute atomic E-state index is 0.00988. The molecule has 1 aromatic rings. The second-order valence-corrected chi connectivity index (χ2v) is 6.35. The average Bonchev–Trinajstić information content (AvgIpc) is 2.84. The minimum atomic E-state index is -0.435. The Morgan fingerprint density at radius 1 is 1.40 bits per heavy atom. The highest BCUT2D eigenvalue weighted by molar-refractivity contribution is 9.10. The van der Waals surface area contributed by atoms with Gasteiger partial charge in [-0.2, -0.15) is 0 Å².